The van der Waals surface area contributed by atoms with Gasteiger partial charge in [0.1, 0.15) is 0 Å². The predicted octanol–water partition coefficient (Wildman–Crippen LogP) is 3.71. The van der Waals surface area contributed by atoms with Gasteiger partial charge in [0.2, 0.25) is 11.9 Å². The average Bonchev–Trinajstić information content (AvgIpc) is 2.71. The van der Waals surface area contributed by atoms with Crippen molar-refractivity contribution in [2.45, 2.75) is 33.9 Å². The van der Waals surface area contributed by atoms with Crippen molar-refractivity contribution in [3.8, 4) is 11.5 Å². The number of benzene rings is 2. The molecule has 0 unspecified atom stereocenters. The third-order valence-electron chi connectivity index (χ3n) is 5.16. The Balaban J connectivity index is 1.80. The summed E-state index contributed by atoms with van der Waals surface area (Å²) < 4.78 is 7.01. The zero-order valence-electron chi connectivity index (χ0n) is 17.9. The number of rotatable bonds is 4. The summed E-state index contributed by atoms with van der Waals surface area (Å²) in [5.74, 6) is 1.23. The smallest absolute Gasteiger partial charge is 0.257 e. The fraction of sp³-hybridized carbons (Fsp3) is 0.261. The van der Waals surface area contributed by atoms with Crippen molar-refractivity contribution in [2.75, 3.05) is 17.2 Å². The Morgan fingerprint density at radius 1 is 1.13 bits per heavy atom. The second kappa shape index (κ2) is 8.14. The van der Waals surface area contributed by atoms with Crippen LogP contribution in [0, 0.1) is 20.8 Å². The van der Waals surface area contributed by atoms with E-state index in [1.165, 1.54) is 16.2 Å². The van der Waals surface area contributed by atoms with Crippen LogP contribution in [0.3, 0.4) is 0 Å². The molecule has 3 aromatic rings. The van der Waals surface area contributed by atoms with Gasteiger partial charge in [-0.2, -0.15) is 0 Å². The first kappa shape index (κ1) is 20.5. The molecule has 0 amide bonds. The Morgan fingerprint density at radius 3 is 2.68 bits per heavy atom. The molecule has 160 valence electrons. The first-order valence-electron chi connectivity index (χ1n) is 10.1. The number of nitrogens with one attached hydrogen (secondary N) is 2. The molecule has 1 aliphatic heterocycles. The molecule has 0 saturated heterocycles. The van der Waals surface area contributed by atoms with Crippen LogP contribution in [-0.2, 0) is 0 Å². The van der Waals surface area contributed by atoms with E-state index in [1.54, 1.807) is 25.1 Å². The summed E-state index contributed by atoms with van der Waals surface area (Å²) in [5.41, 5.74) is 4.30. The van der Waals surface area contributed by atoms with Gasteiger partial charge in [0, 0.05) is 23.0 Å². The molecule has 31 heavy (non-hydrogen) atoms. The molecule has 3 N–H and O–H groups in total. The van der Waals surface area contributed by atoms with E-state index in [0.29, 0.717) is 35.5 Å². The minimum Gasteiger partial charge on any atom is -0.504 e. The van der Waals surface area contributed by atoms with Crippen molar-refractivity contribution < 1.29 is 9.84 Å². The fourth-order valence-corrected chi connectivity index (χ4v) is 3.45. The van der Waals surface area contributed by atoms with E-state index >= 15 is 0 Å². The van der Waals surface area contributed by atoms with Gasteiger partial charge in [-0.1, -0.05) is 12.1 Å². The lowest BCUT2D eigenvalue weighted by Gasteiger charge is -2.27. The van der Waals surface area contributed by atoms with Crippen molar-refractivity contribution in [2.24, 2.45) is 4.99 Å². The minimum absolute atomic E-state index is 0.0339. The maximum Gasteiger partial charge on any atom is 0.257 e. The highest BCUT2D eigenvalue weighted by atomic mass is 16.5. The van der Waals surface area contributed by atoms with Crippen LogP contribution in [0.25, 0.3) is 0 Å². The van der Waals surface area contributed by atoms with E-state index in [1.807, 2.05) is 32.0 Å². The molecular weight excluding hydrogens is 394 g/mol. The largest absolute Gasteiger partial charge is 0.504 e. The maximum atomic E-state index is 12.8. The lowest BCUT2D eigenvalue weighted by atomic mass is 10.1. The number of fused-ring (bicyclic) bond motifs is 1. The number of anilines is 2. The second-order valence-corrected chi connectivity index (χ2v) is 7.49. The summed E-state index contributed by atoms with van der Waals surface area (Å²) >= 11 is 0. The number of hydrogen-bond acceptors (Lipinski definition) is 7. The molecule has 2 aromatic carbocycles. The van der Waals surface area contributed by atoms with Gasteiger partial charge in [0.25, 0.3) is 5.56 Å². The zero-order valence-corrected chi connectivity index (χ0v) is 17.9. The number of aryl methyl sites for hydroxylation is 3. The molecule has 4 rings (SSSR count). The Kier molecular flexibility index (Phi) is 5.37. The van der Waals surface area contributed by atoms with Gasteiger partial charge in [-0.05, 0) is 63.1 Å². The van der Waals surface area contributed by atoms with Crippen LogP contribution in [0.4, 0.5) is 11.6 Å². The van der Waals surface area contributed by atoms with Gasteiger partial charge in [-0.25, -0.2) is 9.98 Å². The van der Waals surface area contributed by atoms with Gasteiger partial charge < -0.3 is 15.2 Å². The Bertz CT molecular complexity index is 1230. The number of aromatic hydroxyl groups is 1. The number of aliphatic imine (C=N–C) groups is 1. The van der Waals surface area contributed by atoms with E-state index in [0.717, 1.165) is 11.3 Å². The molecule has 8 heteroatoms. The average molecular weight is 419 g/mol. The molecule has 8 nitrogen and oxygen atoms in total. The van der Waals surface area contributed by atoms with E-state index in [9.17, 15) is 9.90 Å². The van der Waals surface area contributed by atoms with Gasteiger partial charge >= 0.3 is 0 Å². The van der Waals surface area contributed by atoms with Crippen molar-refractivity contribution in [3.63, 3.8) is 0 Å². The highest BCUT2D eigenvalue weighted by Crippen LogP contribution is 2.33. The zero-order chi connectivity index (χ0) is 22.1. The van der Waals surface area contributed by atoms with E-state index in [-0.39, 0.29) is 11.3 Å². The molecule has 0 bridgehead atoms. The van der Waals surface area contributed by atoms with Crippen molar-refractivity contribution in [1.29, 1.82) is 0 Å². The number of phenols is 1. The third-order valence-corrected chi connectivity index (χ3v) is 5.16. The number of hydrogen-bond donors (Lipinski definition) is 3. The van der Waals surface area contributed by atoms with Gasteiger partial charge in [0.05, 0.1) is 6.61 Å². The molecule has 2 heterocycles. The van der Waals surface area contributed by atoms with Crippen molar-refractivity contribution in [3.05, 3.63) is 75.2 Å². The number of ether oxygens (including phenoxy) is 1. The van der Waals surface area contributed by atoms with Crippen LogP contribution in [0.5, 0.6) is 11.5 Å². The summed E-state index contributed by atoms with van der Waals surface area (Å²) in [4.78, 5) is 22.0. The lowest BCUT2D eigenvalue weighted by molar-refractivity contribution is 0.317. The summed E-state index contributed by atoms with van der Waals surface area (Å²) in [7, 11) is 0. The fourth-order valence-electron chi connectivity index (χ4n) is 3.45. The molecule has 0 fully saturated rings. The SMILES string of the molecule is CCOc1cc([C@@H]2N=C(Nc3ccc(C)c(C)c3)Nc3nc(C)cc(=O)n32)ccc1O. The first-order chi connectivity index (χ1) is 14.9. The molecule has 0 spiro atoms. The van der Waals surface area contributed by atoms with Crippen LogP contribution in [0.1, 0.15) is 35.5 Å². The predicted molar refractivity (Wildman–Crippen MR) is 121 cm³/mol. The number of aromatic nitrogens is 2. The Labute approximate surface area is 180 Å². The first-order valence-corrected chi connectivity index (χ1v) is 10.1. The molecule has 0 aliphatic carbocycles. The molecule has 1 aromatic heterocycles. The van der Waals surface area contributed by atoms with Crippen LogP contribution >= 0.6 is 0 Å². The van der Waals surface area contributed by atoms with Crippen LogP contribution < -0.4 is 20.9 Å². The van der Waals surface area contributed by atoms with E-state index in [2.05, 4.69) is 22.5 Å². The van der Waals surface area contributed by atoms with Gasteiger partial charge in [-0.3, -0.25) is 14.7 Å². The topological polar surface area (TPSA) is 101 Å². The second-order valence-electron chi connectivity index (χ2n) is 7.49. The molecule has 1 atom stereocenters. The molecule has 0 saturated carbocycles. The van der Waals surface area contributed by atoms with Crippen LogP contribution in [0.2, 0.25) is 0 Å². The maximum absolute atomic E-state index is 12.8. The third kappa shape index (κ3) is 4.09. The van der Waals surface area contributed by atoms with Gasteiger partial charge in [0.15, 0.2) is 17.7 Å². The summed E-state index contributed by atoms with van der Waals surface area (Å²) in [6.45, 7) is 8.12. The Hall–Kier alpha value is -3.81. The molecule has 1 aliphatic rings. The number of guanidine groups is 1. The van der Waals surface area contributed by atoms with Crippen molar-refractivity contribution >= 4 is 17.6 Å². The van der Waals surface area contributed by atoms with E-state index < -0.39 is 6.17 Å². The standard InChI is InChI=1S/C23H25N5O3/c1-5-31-19-12-16(7-9-18(19)29)21-26-22(25-17-8-6-13(2)14(3)10-17)27-23-24-15(4)11-20(30)28(21)23/h6-12,21,29H,5H2,1-4H3,(H2,24,25,26,27)/t21-/m1/s1. The van der Waals surface area contributed by atoms with Crippen LogP contribution in [-0.4, -0.2) is 27.2 Å². The minimum atomic E-state index is -0.675. The number of nitrogens with zero attached hydrogens (tertiary/aromatic N) is 3. The summed E-state index contributed by atoms with van der Waals surface area (Å²) in [6.07, 6.45) is -0.675. The van der Waals surface area contributed by atoms with Gasteiger partial charge in [-0.15, -0.1) is 0 Å². The molecule has 0 radical (unpaired) electrons. The molecular formula is C23H25N5O3. The monoisotopic (exact) mass is 419 g/mol. The number of phenolic OH excluding ortho intramolecular Hbond substituents is 1. The normalized spacial score (nSPS) is 15.0. The summed E-state index contributed by atoms with van der Waals surface area (Å²) in [5, 5.41) is 16.5. The highest BCUT2D eigenvalue weighted by molar-refractivity contribution is 6.03. The quantitative estimate of drug-likeness (QED) is 0.596. The Morgan fingerprint density at radius 2 is 1.94 bits per heavy atom. The van der Waals surface area contributed by atoms with Crippen LogP contribution in [0.15, 0.2) is 52.3 Å². The summed E-state index contributed by atoms with van der Waals surface area (Å²) in [6, 6.07) is 12.5. The lowest BCUT2D eigenvalue weighted by Crippen LogP contribution is -2.37. The van der Waals surface area contributed by atoms with E-state index in [4.69, 9.17) is 9.73 Å². The highest BCUT2D eigenvalue weighted by Gasteiger charge is 2.26. The van der Waals surface area contributed by atoms with Crippen molar-refractivity contribution in [1.82, 2.24) is 9.55 Å².